The van der Waals surface area contributed by atoms with Gasteiger partial charge in [0.1, 0.15) is 0 Å². The first-order valence-electron chi connectivity index (χ1n) is 1.52. The third-order valence-electron chi connectivity index (χ3n) is 0.224. The van der Waals surface area contributed by atoms with Gasteiger partial charge in [0.05, 0.1) is 0 Å². The van der Waals surface area contributed by atoms with Crippen LogP contribution in [0.1, 0.15) is 13.3 Å². The van der Waals surface area contributed by atoms with Crippen LogP contribution in [0.3, 0.4) is 0 Å². The van der Waals surface area contributed by atoms with E-state index in [1.165, 1.54) is 0 Å². The molecule has 0 heterocycles. The average Bonchev–Trinajstić information content (AvgIpc) is 1.37. The molecule has 0 aliphatic carbocycles. The van der Waals surface area contributed by atoms with Crippen LogP contribution in [-0.4, -0.2) is 11.7 Å². The van der Waals surface area contributed by atoms with Crippen molar-refractivity contribution in [1.82, 2.24) is 0 Å². The molecule has 0 fully saturated rings. The van der Waals surface area contributed by atoms with Gasteiger partial charge < -0.3 is 5.11 Å². The van der Waals surface area contributed by atoms with Crippen molar-refractivity contribution in [3.05, 3.63) is 0 Å². The van der Waals surface area contributed by atoms with Crippen molar-refractivity contribution < 1.29 is 42.0 Å². The van der Waals surface area contributed by atoms with E-state index in [1.807, 2.05) is 6.92 Å². The fourth-order valence-electron chi connectivity index (χ4n) is 0. The van der Waals surface area contributed by atoms with Crippen LogP contribution in [0.5, 0.6) is 0 Å². The van der Waals surface area contributed by atoms with Gasteiger partial charge in [0.25, 0.3) is 0 Å². The third kappa shape index (κ3) is 11.0. The summed E-state index contributed by atoms with van der Waals surface area (Å²) in [6.45, 7) is 2.25. The minimum atomic E-state index is 0. The normalized spacial score (nSPS) is 6.00. The zero-order valence-electron chi connectivity index (χ0n) is 3.12. The predicted octanol–water partition coefficient (Wildman–Crippen LogP) is 0.389. The zero-order valence-corrected chi connectivity index (χ0v) is 4.78. The van der Waals surface area contributed by atoms with Gasteiger partial charge in [-0.1, -0.05) is 6.92 Å². The standard InChI is InChI=1S/C3H8O.Lu/c1-2-3-4;/h4H,2-3H2,1H3;. The summed E-state index contributed by atoms with van der Waals surface area (Å²) in [4.78, 5) is 0. The molecule has 0 atom stereocenters. The van der Waals surface area contributed by atoms with Crippen molar-refractivity contribution in [3.8, 4) is 0 Å². The Morgan fingerprint density at radius 1 is 1.60 bits per heavy atom. The van der Waals surface area contributed by atoms with Crippen LogP contribution in [0.4, 0.5) is 0 Å². The first-order valence-corrected chi connectivity index (χ1v) is 1.52. The molecule has 2 heteroatoms. The van der Waals surface area contributed by atoms with Crippen molar-refractivity contribution in [2.75, 3.05) is 6.61 Å². The maximum atomic E-state index is 7.88. The third-order valence-corrected chi connectivity index (χ3v) is 0.224. The molecule has 0 rings (SSSR count). The van der Waals surface area contributed by atoms with Crippen LogP contribution in [0.2, 0.25) is 0 Å². The molecule has 0 aromatic rings. The van der Waals surface area contributed by atoms with Gasteiger partial charge in [-0.3, -0.25) is 0 Å². The summed E-state index contributed by atoms with van der Waals surface area (Å²) >= 11 is 0. The van der Waals surface area contributed by atoms with E-state index in [4.69, 9.17) is 5.11 Å². The first-order chi connectivity index (χ1) is 1.91. The van der Waals surface area contributed by atoms with Gasteiger partial charge in [0, 0.05) is 43.5 Å². The van der Waals surface area contributed by atoms with Gasteiger partial charge in [-0.05, 0) is 6.42 Å². The van der Waals surface area contributed by atoms with Gasteiger partial charge in [-0.2, -0.15) is 0 Å². The fraction of sp³-hybridized carbons (Fsp3) is 1.00. The second kappa shape index (κ2) is 8.96. The van der Waals surface area contributed by atoms with Crippen molar-refractivity contribution in [3.63, 3.8) is 0 Å². The molecule has 0 aromatic carbocycles. The van der Waals surface area contributed by atoms with E-state index in [-0.39, 0.29) is 36.9 Å². The molecule has 0 saturated carbocycles. The zero-order chi connectivity index (χ0) is 3.41. The maximum Gasteiger partial charge on any atom is 0.0428 e. The van der Waals surface area contributed by atoms with Crippen molar-refractivity contribution in [1.29, 1.82) is 0 Å². The van der Waals surface area contributed by atoms with Crippen LogP contribution < -0.4 is 0 Å². The monoisotopic (exact) mass is 235 g/mol. The van der Waals surface area contributed by atoms with Crippen LogP contribution in [0.15, 0.2) is 0 Å². The van der Waals surface area contributed by atoms with E-state index in [2.05, 4.69) is 0 Å². The van der Waals surface area contributed by atoms with Gasteiger partial charge in [0.15, 0.2) is 0 Å². The average molecular weight is 235 g/mol. The number of aliphatic hydroxyl groups is 1. The number of rotatable bonds is 1. The van der Waals surface area contributed by atoms with E-state index in [0.717, 1.165) is 6.42 Å². The molecule has 0 bridgehead atoms. The van der Waals surface area contributed by atoms with Crippen LogP contribution in [0, 0.1) is 36.9 Å². The Morgan fingerprint density at radius 2 is 1.80 bits per heavy atom. The number of aliphatic hydroxyl groups excluding tert-OH is 1. The van der Waals surface area contributed by atoms with Gasteiger partial charge in [0.2, 0.25) is 0 Å². The van der Waals surface area contributed by atoms with E-state index < -0.39 is 0 Å². The predicted molar refractivity (Wildman–Crippen MR) is 17.4 cm³/mol. The summed E-state index contributed by atoms with van der Waals surface area (Å²) in [5, 5.41) is 7.88. The summed E-state index contributed by atoms with van der Waals surface area (Å²) in [5.74, 6) is 0. The molecule has 1 N–H and O–H groups in total. The molecule has 1 nitrogen and oxygen atoms in total. The maximum absolute atomic E-state index is 7.88. The van der Waals surface area contributed by atoms with Crippen LogP contribution in [-0.2, 0) is 0 Å². The second-order valence-corrected chi connectivity index (χ2v) is 0.724. The molecule has 0 aromatic heterocycles. The Kier molecular flexibility index (Phi) is 17.0. The fourth-order valence-corrected chi connectivity index (χ4v) is 0. The topological polar surface area (TPSA) is 20.2 Å². The molecule has 0 spiro atoms. The van der Waals surface area contributed by atoms with Gasteiger partial charge in [-0.25, -0.2) is 0 Å². The van der Waals surface area contributed by atoms with Gasteiger partial charge in [-0.15, -0.1) is 0 Å². The largest absolute Gasteiger partial charge is 0.396 e. The number of hydrogen-bond acceptors (Lipinski definition) is 1. The van der Waals surface area contributed by atoms with Crippen molar-refractivity contribution in [2.24, 2.45) is 0 Å². The number of hydrogen-bond donors (Lipinski definition) is 1. The van der Waals surface area contributed by atoms with Crippen LogP contribution >= 0.6 is 0 Å². The summed E-state index contributed by atoms with van der Waals surface area (Å²) < 4.78 is 0. The SMILES string of the molecule is CCCO.[Lu]. The Bertz CT molecular complexity index is 8.85. The molecule has 41 valence electrons. The molecule has 0 aliphatic heterocycles. The summed E-state index contributed by atoms with van der Waals surface area (Å²) in [7, 11) is 0. The summed E-state index contributed by atoms with van der Waals surface area (Å²) in [6, 6.07) is 0. The molecule has 1 radical (unpaired) electrons. The molecule has 0 saturated heterocycles. The van der Waals surface area contributed by atoms with E-state index in [1.54, 1.807) is 0 Å². The smallest absolute Gasteiger partial charge is 0.0428 e. The molecular weight excluding hydrogens is 227 g/mol. The molecular formula is C3H8LuO. The van der Waals surface area contributed by atoms with Crippen LogP contribution in [0.25, 0.3) is 0 Å². The summed E-state index contributed by atoms with van der Waals surface area (Å²) in [5.41, 5.74) is 0. The van der Waals surface area contributed by atoms with E-state index in [0.29, 0.717) is 6.61 Å². The Hall–Kier alpha value is 1.19. The van der Waals surface area contributed by atoms with Crippen molar-refractivity contribution in [2.45, 2.75) is 13.3 Å². The minimum Gasteiger partial charge on any atom is -0.396 e. The quantitative estimate of drug-likeness (QED) is 0.697. The Labute approximate surface area is 61.6 Å². The molecule has 0 aliphatic rings. The Morgan fingerprint density at radius 3 is 1.80 bits per heavy atom. The second-order valence-electron chi connectivity index (χ2n) is 0.724. The molecule has 0 amide bonds. The van der Waals surface area contributed by atoms with E-state index >= 15 is 0 Å². The van der Waals surface area contributed by atoms with Crippen molar-refractivity contribution >= 4 is 0 Å². The van der Waals surface area contributed by atoms with Gasteiger partial charge >= 0.3 is 0 Å². The molecule has 0 unspecified atom stereocenters. The first kappa shape index (κ1) is 9.50. The molecule has 5 heavy (non-hydrogen) atoms. The Balaban J connectivity index is 0. The summed E-state index contributed by atoms with van der Waals surface area (Å²) in [6.07, 6.45) is 0.875. The minimum absolute atomic E-state index is 0. The van der Waals surface area contributed by atoms with E-state index in [9.17, 15) is 0 Å².